The van der Waals surface area contributed by atoms with Crippen LogP contribution < -0.4 is 11.1 Å². The van der Waals surface area contributed by atoms with Gasteiger partial charge in [0, 0.05) is 17.3 Å². The first-order valence-corrected chi connectivity index (χ1v) is 7.94. The SMILES string of the molecule is Nc1cccc(C(=O)NC2CCC(c3ccccc3)CC2)c1. The molecule has 0 atom stereocenters. The average Bonchev–Trinajstić information content (AvgIpc) is 2.56. The molecule has 3 nitrogen and oxygen atoms in total. The second-order valence-corrected chi connectivity index (χ2v) is 6.06. The van der Waals surface area contributed by atoms with Gasteiger partial charge in [-0.25, -0.2) is 0 Å². The molecular weight excluding hydrogens is 272 g/mol. The Bertz CT molecular complexity index is 631. The molecule has 0 saturated heterocycles. The zero-order chi connectivity index (χ0) is 15.4. The van der Waals surface area contributed by atoms with E-state index in [2.05, 4.69) is 35.6 Å². The molecule has 0 bridgehead atoms. The second-order valence-electron chi connectivity index (χ2n) is 6.06. The minimum atomic E-state index is -0.0181. The fraction of sp³-hybridized carbons (Fsp3) is 0.316. The predicted molar refractivity (Wildman–Crippen MR) is 89.8 cm³/mol. The van der Waals surface area contributed by atoms with Gasteiger partial charge in [0.15, 0.2) is 0 Å². The molecule has 0 heterocycles. The van der Waals surface area contributed by atoms with Crippen LogP contribution in [0.4, 0.5) is 5.69 Å². The van der Waals surface area contributed by atoms with Crippen LogP contribution in [0.25, 0.3) is 0 Å². The molecule has 0 aliphatic heterocycles. The number of anilines is 1. The van der Waals surface area contributed by atoms with E-state index in [0.717, 1.165) is 25.7 Å². The Morgan fingerprint density at radius 1 is 0.955 bits per heavy atom. The van der Waals surface area contributed by atoms with Crippen LogP contribution in [0, 0.1) is 0 Å². The Hall–Kier alpha value is -2.29. The molecule has 0 spiro atoms. The highest BCUT2D eigenvalue weighted by Crippen LogP contribution is 2.32. The normalized spacial score (nSPS) is 21.3. The van der Waals surface area contributed by atoms with E-state index >= 15 is 0 Å². The highest BCUT2D eigenvalue weighted by atomic mass is 16.1. The van der Waals surface area contributed by atoms with Crippen LogP contribution in [0.1, 0.15) is 47.5 Å². The van der Waals surface area contributed by atoms with Gasteiger partial charge in [-0.2, -0.15) is 0 Å². The Labute approximate surface area is 131 Å². The lowest BCUT2D eigenvalue weighted by atomic mass is 9.82. The van der Waals surface area contributed by atoms with E-state index in [1.165, 1.54) is 5.56 Å². The summed E-state index contributed by atoms with van der Waals surface area (Å²) in [5.74, 6) is 0.609. The van der Waals surface area contributed by atoms with Crippen molar-refractivity contribution >= 4 is 11.6 Å². The summed E-state index contributed by atoms with van der Waals surface area (Å²) in [5, 5.41) is 3.14. The molecule has 3 N–H and O–H groups in total. The van der Waals surface area contributed by atoms with Crippen molar-refractivity contribution in [1.29, 1.82) is 0 Å². The standard InChI is InChI=1S/C19H22N2O/c20-17-8-4-7-16(13-17)19(22)21-18-11-9-15(10-12-18)14-5-2-1-3-6-14/h1-8,13,15,18H,9-12,20H2,(H,21,22). The lowest BCUT2D eigenvalue weighted by Crippen LogP contribution is -2.37. The molecular formula is C19H22N2O. The van der Waals surface area contributed by atoms with Gasteiger partial charge in [0.1, 0.15) is 0 Å². The highest BCUT2D eigenvalue weighted by Gasteiger charge is 2.23. The van der Waals surface area contributed by atoms with Gasteiger partial charge in [-0.05, 0) is 55.4 Å². The van der Waals surface area contributed by atoms with Crippen LogP contribution in [0.5, 0.6) is 0 Å². The van der Waals surface area contributed by atoms with Crippen LogP contribution in [-0.4, -0.2) is 11.9 Å². The largest absolute Gasteiger partial charge is 0.399 e. The zero-order valence-corrected chi connectivity index (χ0v) is 12.7. The van der Waals surface area contributed by atoms with Gasteiger partial charge in [-0.1, -0.05) is 36.4 Å². The topological polar surface area (TPSA) is 55.1 Å². The third-order valence-corrected chi connectivity index (χ3v) is 4.48. The second kappa shape index (κ2) is 6.65. The maximum atomic E-state index is 12.2. The third kappa shape index (κ3) is 3.48. The fourth-order valence-corrected chi connectivity index (χ4v) is 3.24. The summed E-state index contributed by atoms with van der Waals surface area (Å²) < 4.78 is 0. The van der Waals surface area contributed by atoms with Gasteiger partial charge in [-0.3, -0.25) is 4.79 Å². The first-order chi connectivity index (χ1) is 10.7. The molecule has 2 aromatic carbocycles. The number of carbonyl (C=O) groups excluding carboxylic acids is 1. The van der Waals surface area contributed by atoms with E-state index in [-0.39, 0.29) is 11.9 Å². The summed E-state index contributed by atoms with van der Waals surface area (Å²) in [6.45, 7) is 0. The van der Waals surface area contributed by atoms with Crippen molar-refractivity contribution in [3.8, 4) is 0 Å². The summed E-state index contributed by atoms with van der Waals surface area (Å²) in [6.07, 6.45) is 4.33. The van der Waals surface area contributed by atoms with Gasteiger partial charge in [0.25, 0.3) is 5.91 Å². The molecule has 1 fully saturated rings. The van der Waals surface area contributed by atoms with Crippen LogP contribution >= 0.6 is 0 Å². The molecule has 1 aliphatic rings. The van der Waals surface area contributed by atoms with Crippen molar-refractivity contribution in [3.05, 3.63) is 65.7 Å². The molecule has 0 unspecified atom stereocenters. The Balaban J connectivity index is 1.55. The summed E-state index contributed by atoms with van der Waals surface area (Å²) in [5.41, 5.74) is 8.42. The lowest BCUT2D eigenvalue weighted by Gasteiger charge is -2.29. The minimum absolute atomic E-state index is 0.0181. The number of nitrogens with one attached hydrogen (secondary N) is 1. The van der Waals surface area contributed by atoms with Crippen molar-refractivity contribution < 1.29 is 4.79 Å². The maximum Gasteiger partial charge on any atom is 0.251 e. The number of amides is 1. The van der Waals surface area contributed by atoms with Gasteiger partial charge >= 0.3 is 0 Å². The Kier molecular flexibility index (Phi) is 4.42. The predicted octanol–water partition coefficient (Wildman–Crippen LogP) is 3.73. The molecule has 0 radical (unpaired) electrons. The number of benzene rings is 2. The number of nitrogens with two attached hydrogens (primary N) is 1. The maximum absolute atomic E-state index is 12.2. The minimum Gasteiger partial charge on any atom is -0.399 e. The van der Waals surface area contributed by atoms with Gasteiger partial charge < -0.3 is 11.1 Å². The first-order valence-electron chi connectivity index (χ1n) is 7.94. The summed E-state index contributed by atoms with van der Waals surface area (Å²) in [7, 11) is 0. The number of rotatable bonds is 3. The summed E-state index contributed by atoms with van der Waals surface area (Å²) >= 11 is 0. The molecule has 1 aliphatic carbocycles. The average molecular weight is 294 g/mol. The van der Waals surface area contributed by atoms with Gasteiger partial charge in [0.05, 0.1) is 0 Å². The van der Waals surface area contributed by atoms with Gasteiger partial charge in [0.2, 0.25) is 0 Å². The smallest absolute Gasteiger partial charge is 0.251 e. The van der Waals surface area contributed by atoms with Crippen LogP contribution in [0.2, 0.25) is 0 Å². The fourth-order valence-electron chi connectivity index (χ4n) is 3.24. The van der Waals surface area contributed by atoms with Crippen LogP contribution in [0.3, 0.4) is 0 Å². The van der Waals surface area contributed by atoms with E-state index in [1.54, 1.807) is 18.2 Å². The molecule has 1 saturated carbocycles. The Morgan fingerprint density at radius 3 is 2.36 bits per heavy atom. The number of nitrogen functional groups attached to an aromatic ring is 1. The van der Waals surface area contributed by atoms with Crippen molar-refractivity contribution in [1.82, 2.24) is 5.32 Å². The molecule has 3 rings (SSSR count). The first kappa shape index (κ1) is 14.6. The van der Waals surface area contributed by atoms with Crippen LogP contribution in [-0.2, 0) is 0 Å². The molecule has 3 heteroatoms. The van der Waals surface area contributed by atoms with Crippen LogP contribution in [0.15, 0.2) is 54.6 Å². The van der Waals surface area contributed by atoms with Crippen molar-refractivity contribution in [2.45, 2.75) is 37.6 Å². The van der Waals surface area contributed by atoms with E-state index in [9.17, 15) is 4.79 Å². The van der Waals surface area contributed by atoms with E-state index < -0.39 is 0 Å². The third-order valence-electron chi connectivity index (χ3n) is 4.48. The number of hydrogen-bond donors (Lipinski definition) is 2. The molecule has 0 aromatic heterocycles. The monoisotopic (exact) mass is 294 g/mol. The highest BCUT2D eigenvalue weighted by molar-refractivity contribution is 5.95. The van der Waals surface area contributed by atoms with E-state index in [4.69, 9.17) is 5.73 Å². The molecule has 114 valence electrons. The molecule has 2 aromatic rings. The quantitative estimate of drug-likeness (QED) is 0.848. The van der Waals surface area contributed by atoms with E-state index in [0.29, 0.717) is 17.2 Å². The number of carbonyl (C=O) groups is 1. The lowest BCUT2D eigenvalue weighted by molar-refractivity contribution is 0.0926. The van der Waals surface area contributed by atoms with E-state index in [1.807, 2.05) is 6.07 Å². The van der Waals surface area contributed by atoms with Crippen molar-refractivity contribution in [3.63, 3.8) is 0 Å². The molecule has 22 heavy (non-hydrogen) atoms. The summed E-state index contributed by atoms with van der Waals surface area (Å²) in [4.78, 5) is 12.2. The zero-order valence-electron chi connectivity index (χ0n) is 12.7. The van der Waals surface area contributed by atoms with Crippen molar-refractivity contribution in [2.75, 3.05) is 5.73 Å². The van der Waals surface area contributed by atoms with Crippen molar-refractivity contribution in [2.24, 2.45) is 0 Å². The Morgan fingerprint density at radius 2 is 1.68 bits per heavy atom. The number of hydrogen-bond acceptors (Lipinski definition) is 2. The molecule has 1 amide bonds. The summed E-state index contributed by atoms with van der Waals surface area (Å²) in [6, 6.07) is 18.1. The van der Waals surface area contributed by atoms with Gasteiger partial charge in [-0.15, -0.1) is 0 Å².